The minimum Gasteiger partial charge on any atom is -0.465 e. The highest BCUT2D eigenvalue weighted by atomic mass is 32.1. The third-order valence-electron chi connectivity index (χ3n) is 3.37. The molecule has 0 unspecified atom stereocenters. The summed E-state index contributed by atoms with van der Waals surface area (Å²) >= 11 is 4.48. The average Bonchev–Trinajstić information content (AvgIpc) is 2.34. The molecule has 6 heteroatoms. The molecule has 0 saturated carbocycles. The van der Waals surface area contributed by atoms with Crippen LogP contribution >= 0.6 is 12.6 Å². The Morgan fingerprint density at radius 1 is 1.30 bits per heavy atom. The summed E-state index contributed by atoms with van der Waals surface area (Å²) < 4.78 is 23.3. The van der Waals surface area contributed by atoms with Crippen molar-refractivity contribution in [2.75, 3.05) is 7.11 Å². The highest BCUT2D eigenvalue weighted by Crippen LogP contribution is 2.30. The Morgan fingerprint density at radius 3 is 2.40 bits per heavy atom. The van der Waals surface area contributed by atoms with Crippen molar-refractivity contribution in [1.82, 2.24) is 0 Å². The van der Waals surface area contributed by atoms with Crippen LogP contribution in [0.25, 0.3) is 0 Å². The zero-order valence-electron chi connectivity index (χ0n) is 12.4. The van der Waals surface area contributed by atoms with E-state index in [9.17, 15) is 9.18 Å². The lowest BCUT2D eigenvalue weighted by atomic mass is 9.81. The molecular weight excluding hydrogens is 278 g/mol. The van der Waals surface area contributed by atoms with Crippen LogP contribution in [-0.4, -0.2) is 30.9 Å². The summed E-state index contributed by atoms with van der Waals surface area (Å²) in [6.45, 7) is 7.56. The number of carbonyl (C=O) groups is 1. The van der Waals surface area contributed by atoms with Gasteiger partial charge in [-0.05, 0) is 51.4 Å². The molecular formula is C14H19BFO3S. The second-order valence-electron chi connectivity index (χ2n) is 5.53. The summed E-state index contributed by atoms with van der Waals surface area (Å²) in [6.07, 6.45) is 0. The van der Waals surface area contributed by atoms with E-state index in [0.717, 1.165) is 0 Å². The number of thiol groups is 1. The standard InChI is InChI=1S/C14H19BFO3S/c1-13(2,14(3,4)20)19-15-11-8-9(16)6-7-10(11)12(17)18-5/h6-8,20H,1-5H3. The van der Waals surface area contributed by atoms with Crippen molar-refractivity contribution in [3.8, 4) is 0 Å². The molecule has 20 heavy (non-hydrogen) atoms. The first-order valence-electron chi connectivity index (χ1n) is 6.20. The highest BCUT2D eigenvalue weighted by Gasteiger charge is 2.35. The number of carbonyl (C=O) groups excluding carboxylic acids is 1. The minimum absolute atomic E-state index is 0.252. The van der Waals surface area contributed by atoms with Gasteiger partial charge in [0.25, 0.3) is 0 Å². The van der Waals surface area contributed by atoms with E-state index in [1.54, 1.807) is 0 Å². The fourth-order valence-electron chi connectivity index (χ4n) is 1.28. The average molecular weight is 297 g/mol. The van der Waals surface area contributed by atoms with E-state index in [0.29, 0.717) is 5.46 Å². The maximum Gasteiger partial charge on any atom is 0.337 e. The molecule has 1 aromatic rings. The Labute approximate surface area is 125 Å². The van der Waals surface area contributed by atoms with Crippen LogP contribution in [0.15, 0.2) is 18.2 Å². The lowest BCUT2D eigenvalue weighted by molar-refractivity contribution is 0.0600. The summed E-state index contributed by atoms with van der Waals surface area (Å²) in [4.78, 5) is 11.6. The van der Waals surface area contributed by atoms with Crippen LogP contribution in [0.5, 0.6) is 0 Å². The van der Waals surface area contributed by atoms with Gasteiger partial charge in [-0.3, -0.25) is 0 Å². The van der Waals surface area contributed by atoms with E-state index in [1.165, 1.54) is 32.8 Å². The number of halogens is 1. The van der Waals surface area contributed by atoms with Gasteiger partial charge in [-0.2, -0.15) is 12.6 Å². The van der Waals surface area contributed by atoms with Crippen molar-refractivity contribution >= 4 is 31.5 Å². The van der Waals surface area contributed by atoms with Crippen LogP contribution in [0.2, 0.25) is 0 Å². The third-order valence-corrected chi connectivity index (χ3v) is 3.91. The van der Waals surface area contributed by atoms with Gasteiger partial charge in [0, 0.05) is 4.75 Å². The zero-order valence-corrected chi connectivity index (χ0v) is 13.3. The zero-order chi connectivity index (χ0) is 15.6. The molecule has 0 fully saturated rings. The van der Waals surface area contributed by atoms with Gasteiger partial charge < -0.3 is 9.39 Å². The molecule has 0 N–H and O–H groups in total. The Balaban J connectivity index is 2.98. The van der Waals surface area contributed by atoms with Crippen LogP contribution in [0.3, 0.4) is 0 Å². The summed E-state index contributed by atoms with van der Waals surface area (Å²) in [7, 11) is 2.64. The maximum atomic E-state index is 13.3. The third kappa shape index (κ3) is 3.99. The molecule has 0 heterocycles. The van der Waals surface area contributed by atoms with E-state index < -0.39 is 22.1 Å². The van der Waals surface area contributed by atoms with E-state index in [1.807, 2.05) is 27.7 Å². The van der Waals surface area contributed by atoms with Crippen molar-refractivity contribution in [2.24, 2.45) is 0 Å². The largest absolute Gasteiger partial charge is 0.465 e. The number of rotatable bonds is 5. The van der Waals surface area contributed by atoms with E-state index in [-0.39, 0.29) is 5.56 Å². The van der Waals surface area contributed by atoms with Gasteiger partial charge in [-0.1, -0.05) is 0 Å². The fraction of sp³-hybridized carbons (Fsp3) is 0.500. The molecule has 3 nitrogen and oxygen atoms in total. The van der Waals surface area contributed by atoms with Crippen molar-refractivity contribution in [3.05, 3.63) is 29.6 Å². The van der Waals surface area contributed by atoms with Gasteiger partial charge in [0.2, 0.25) is 0 Å². The lowest BCUT2D eigenvalue weighted by Gasteiger charge is -2.38. The van der Waals surface area contributed by atoms with Crippen molar-refractivity contribution in [3.63, 3.8) is 0 Å². The van der Waals surface area contributed by atoms with Gasteiger partial charge in [0.05, 0.1) is 18.3 Å². The number of benzene rings is 1. The van der Waals surface area contributed by atoms with Crippen molar-refractivity contribution in [1.29, 1.82) is 0 Å². The molecule has 1 aromatic carbocycles. The van der Waals surface area contributed by atoms with E-state index in [4.69, 9.17) is 4.65 Å². The maximum absolute atomic E-state index is 13.3. The summed E-state index contributed by atoms with van der Waals surface area (Å²) in [6, 6.07) is 3.81. The Morgan fingerprint density at radius 2 is 1.90 bits per heavy atom. The second-order valence-corrected chi connectivity index (χ2v) is 6.65. The van der Waals surface area contributed by atoms with Crippen LogP contribution in [-0.2, 0) is 9.39 Å². The minimum atomic E-state index is -0.601. The number of methoxy groups -OCH3 is 1. The quantitative estimate of drug-likeness (QED) is 0.515. The van der Waals surface area contributed by atoms with Gasteiger partial charge in [0.15, 0.2) is 0 Å². The first-order chi connectivity index (χ1) is 9.08. The number of ether oxygens (including phenoxy) is 1. The molecule has 0 amide bonds. The van der Waals surface area contributed by atoms with Gasteiger partial charge >= 0.3 is 13.5 Å². The molecule has 1 rings (SSSR count). The van der Waals surface area contributed by atoms with Gasteiger partial charge in [-0.15, -0.1) is 0 Å². The number of esters is 1. The normalized spacial score (nSPS) is 12.2. The topological polar surface area (TPSA) is 35.5 Å². The van der Waals surface area contributed by atoms with Gasteiger partial charge in [0.1, 0.15) is 5.82 Å². The lowest BCUT2D eigenvalue weighted by Crippen LogP contribution is -2.46. The predicted molar refractivity (Wildman–Crippen MR) is 81.4 cm³/mol. The molecule has 0 bridgehead atoms. The molecule has 0 aromatic heterocycles. The Kier molecular flexibility index (Phi) is 5.27. The van der Waals surface area contributed by atoms with Crippen LogP contribution in [0.1, 0.15) is 38.1 Å². The van der Waals surface area contributed by atoms with Crippen LogP contribution in [0, 0.1) is 5.82 Å². The van der Waals surface area contributed by atoms with Crippen LogP contribution < -0.4 is 5.46 Å². The molecule has 0 saturated heterocycles. The second kappa shape index (κ2) is 6.18. The monoisotopic (exact) mass is 297 g/mol. The smallest absolute Gasteiger partial charge is 0.337 e. The Hall–Kier alpha value is -1.01. The fourth-order valence-corrected chi connectivity index (χ4v) is 1.33. The number of hydrogen-bond donors (Lipinski definition) is 1. The SMILES string of the molecule is COC(=O)c1ccc(F)cc1[B]OC(C)(C)C(C)(C)S. The molecule has 0 aliphatic carbocycles. The number of hydrogen-bond acceptors (Lipinski definition) is 4. The van der Waals surface area contributed by atoms with Gasteiger partial charge in [-0.25, -0.2) is 9.18 Å². The van der Waals surface area contributed by atoms with Crippen molar-refractivity contribution < 1.29 is 18.6 Å². The molecule has 0 spiro atoms. The van der Waals surface area contributed by atoms with Crippen LogP contribution in [0.4, 0.5) is 4.39 Å². The molecule has 0 atom stereocenters. The molecule has 1 radical (unpaired) electrons. The van der Waals surface area contributed by atoms with E-state index in [2.05, 4.69) is 17.4 Å². The Bertz CT molecular complexity index is 498. The molecule has 109 valence electrons. The summed E-state index contributed by atoms with van der Waals surface area (Å²) in [5, 5.41) is 0. The highest BCUT2D eigenvalue weighted by molar-refractivity contribution is 7.81. The molecule has 0 aliphatic heterocycles. The first-order valence-corrected chi connectivity index (χ1v) is 6.64. The first kappa shape index (κ1) is 17.0. The summed E-state index contributed by atoms with van der Waals surface area (Å²) in [5.41, 5.74) is -0.0142. The summed E-state index contributed by atoms with van der Waals surface area (Å²) in [5.74, 6) is -0.988. The van der Waals surface area contributed by atoms with Crippen molar-refractivity contribution in [2.45, 2.75) is 38.0 Å². The molecule has 0 aliphatic rings. The predicted octanol–water partition coefficient (Wildman–Crippen LogP) is 2.36. The van der Waals surface area contributed by atoms with E-state index >= 15 is 0 Å².